The molecule has 0 aliphatic heterocycles. The van der Waals surface area contributed by atoms with E-state index in [4.69, 9.17) is 16.2 Å². The van der Waals surface area contributed by atoms with E-state index in [2.05, 4.69) is 4.99 Å². The highest BCUT2D eigenvalue weighted by molar-refractivity contribution is 5.71. The van der Waals surface area contributed by atoms with Crippen molar-refractivity contribution < 1.29 is 4.74 Å². The lowest BCUT2D eigenvalue weighted by atomic mass is 10.2. The Morgan fingerprint density at radius 1 is 1.31 bits per heavy atom. The molecule has 0 aromatic heterocycles. The van der Waals surface area contributed by atoms with E-state index in [0.29, 0.717) is 13.1 Å². The van der Waals surface area contributed by atoms with Gasteiger partial charge in [-0.3, -0.25) is 0 Å². The molecular weight excluding hydrogens is 166 g/mol. The highest BCUT2D eigenvalue weighted by Crippen LogP contribution is 2.05. The Hall–Kier alpha value is -0.770. The summed E-state index contributed by atoms with van der Waals surface area (Å²) in [4.78, 5) is 4.06. The monoisotopic (exact) mass is 187 g/mol. The number of hydrogen-bond donors (Lipinski definition) is 2. The van der Waals surface area contributed by atoms with Crippen LogP contribution in [0.3, 0.4) is 0 Å². The van der Waals surface area contributed by atoms with Gasteiger partial charge in [0.25, 0.3) is 6.02 Å². The number of amidine groups is 1. The van der Waals surface area contributed by atoms with E-state index >= 15 is 0 Å². The molecule has 0 aliphatic carbocycles. The minimum absolute atomic E-state index is 0.262. The average Bonchev–Trinajstić information content (AvgIpc) is 1.94. The normalized spacial score (nSPS) is 13.1. The molecule has 0 unspecified atom stereocenters. The third kappa shape index (κ3) is 9.14. The maximum Gasteiger partial charge on any atom is 0.282 e. The summed E-state index contributed by atoms with van der Waals surface area (Å²) in [5, 5.41) is 0. The van der Waals surface area contributed by atoms with Crippen LogP contribution < -0.4 is 11.5 Å². The first-order valence-corrected chi connectivity index (χ1v) is 4.65. The van der Waals surface area contributed by atoms with Crippen LogP contribution in [0.4, 0.5) is 0 Å². The van der Waals surface area contributed by atoms with Crippen molar-refractivity contribution in [3.8, 4) is 0 Å². The molecule has 0 aromatic rings. The van der Waals surface area contributed by atoms with Crippen molar-refractivity contribution >= 4 is 6.02 Å². The van der Waals surface area contributed by atoms with E-state index < -0.39 is 0 Å². The zero-order valence-electron chi connectivity index (χ0n) is 8.84. The fraction of sp³-hybridized carbons (Fsp3) is 0.889. The Balaban J connectivity index is 3.63. The maximum absolute atomic E-state index is 5.54. The Morgan fingerprint density at radius 3 is 2.38 bits per heavy atom. The molecule has 0 bridgehead atoms. The molecule has 13 heavy (non-hydrogen) atoms. The predicted octanol–water partition coefficient (Wildman–Crippen LogP) is 0.855. The highest BCUT2D eigenvalue weighted by atomic mass is 16.5. The number of ether oxygens (including phenoxy) is 1. The van der Waals surface area contributed by atoms with Gasteiger partial charge in [0.1, 0.15) is 5.60 Å². The minimum atomic E-state index is -0.262. The number of nitrogens with two attached hydrogens (primary N) is 2. The molecule has 4 nitrogen and oxygen atoms in total. The van der Waals surface area contributed by atoms with Gasteiger partial charge in [-0.25, -0.2) is 4.99 Å². The van der Waals surface area contributed by atoms with Crippen LogP contribution in [0, 0.1) is 0 Å². The van der Waals surface area contributed by atoms with Crippen LogP contribution in [0.5, 0.6) is 0 Å². The average molecular weight is 187 g/mol. The summed E-state index contributed by atoms with van der Waals surface area (Å²) >= 11 is 0. The first kappa shape index (κ1) is 12.2. The summed E-state index contributed by atoms with van der Waals surface area (Å²) in [5.74, 6) is 0. The first-order valence-electron chi connectivity index (χ1n) is 4.65. The van der Waals surface area contributed by atoms with E-state index in [1.807, 2.05) is 20.8 Å². The number of nitrogens with zero attached hydrogens (tertiary/aromatic N) is 1. The van der Waals surface area contributed by atoms with Crippen LogP contribution in [0.25, 0.3) is 0 Å². The molecule has 0 fully saturated rings. The lowest BCUT2D eigenvalue weighted by Gasteiger charge is -2.19. The molecule has 78 valence electrons. The summed E-state index contributed by atoms with van der Waals surface area (Å²) in [6.07, 6.45) is 1.94. The van der Waals surface area contributed by atoms with Gasteiger partial charge in [0.15, 0.2) is 0 Å². The largest absolute Gasteiger partial charge is 0.460 e. The van der Waals surface area contributed by atoms with Crippen molar-refractivity contribution in [2.45, 2.75) is 39.2 Å². The van der Waals surface area contributed by atoms with Gasteiger partial charge in [0, 0.05) is 6.54 Å². The van der Waals surface area contributed by atoms with Gasteiger partial charge in [-0.1, -0.05) is 0 Å². The minimum Gasteiger partial charge on any atom is -0.460 e. The lowest BCUT2D eigenvalue weighted by Crippen LogP contribution is -2.29. The Bertz CT molecular complexity index is 161. The number of rotatable bonds is 4. The van der Waals surface area contributed by atoms with E-state index in [9.17, 15) is 0 Å². The second-order valence-corrected chi connectivity index (χ2v) is 3.93. The van der Waals surface area contributed by atoms with Crippen LogP contribution in [-0.2, 0) is 4.74 Å². The van der Waals surface area contributed by atoms with Gasteiger partial charge in [0.2, 0.25) is 0 Å². The number of hydrogen-bond acceptors (Lipinski definition) is 3. The van der Waals surface area contributed by atoms with E-state index in [-0.39, 0.29) is 11.6 Å². The fourth-order valence-corrected chi connectivity index (χ4v) is 0.791. The van der Waals surface area contributed by atoms with Crippen LogP contribution >= 0.6 is 0 Å². The van der Waals surface area contributed by atoms with E-state index in [0.717, 1.165) is 12.8 Å². The Labute approximate surface area is 80.3 Å². The standard InChI is InChI=1S/C9H21N3O/c1-9(2,3)13-8(11)12-7-5-4-6-10/h4-7,10H2,1-3H3,(H2,11,12). The molecule has 0 saturated carbocycles. The molecule has 0 rings (SSSR count). The van der Waals surface area contributed by atoms with Crippen LogP contribution in [0.1, 0.15) is 33.6 Å². The molecule has 0 radical (unpaired) electrons. The molecule has 4 N–H and O–H groups in total. The predicted molar refractivity (Wildman–Crippen MR) is 55.6 cm³/mol. The van der Waals surface area contributed by atoms with Crippen molar-refractivity contribution in [1.29, 1.82) is 0 Å². The third-order valence-electron chi connectivity index (χ3n) is 1.29. The molecule has 0 atom stereocenters. The zero-order chi connectivity index (χ0) is 10.3. The second-order valence-electron chi connectivity index (χ2n) is 3.93. The van der Waals surface area contributed by atoms with Gasteiger partial charge >= 0.3 is 0 Å². The summed E-state index contributed by atoms with van der Waals surface area (Å²) in [5.41, 5.74) is 10.6. The topological polar surface area (TPSA) is 73.6 Å². The van der Waals surface area contributed by atoms with Gasteiger partial charge < -0.3 is 16.2 Å². The van der Waals surface area contributed by atoms with Crippen LogP contribution in [0.2, 0.25) is 0 Å². The Kier molecular flexibility index (Phi) is 5.46. The lowest BCUT2D eigenvalue weighted by molar-refractivity contribution is 0.113. The first-order chi connectivity index (χ1) is 5.95. The summed E-state index contributed by atoms with van der Waals surface area (Å²) in [7, 11) is 0. The zero-order valence-corrected chi connectivity index (χ0v) is 8.84. The van der Waals surface area contributed by atoms with E-state index in [1.54, 1.807) is 0 Å². The molecule has 0 amide bonds. The van der Waals surface area contributed by atoms with Gasteiger partial charge in [-0.05, 0) is 40.2 Å². The Morgan fingerprint density at radius 2 is 1.92 bits per heavy atom. The van der Waals surface area contributed by atoms with Crippen LogP contribution in [-0.4, -0.2) is 24.7 Å². The highest BCUT2D eigenvalue weighted by Gasteiger charge is 2.11. The van der Waals surface area contributed by atoms with Gasteiger partial charge in [0.05, 0.1) is 0 Å². The summed E-state index contributed by atoms with van der Waals surface area (Å²) in [6, 6.07) is 0.268. The van der Waals surface area contributed by atoms with Gasteiger partial charge in [-0.2, -0.15) is 0 Å². The van der Waals surface area contributed by atoms with E-state index in [1.165, 1.54) is 0 Å². The number of unbranched alkanes of at least 4 members (excludes halogenated alkanes) is 1. The molecule has 4 heteroatoms. The molecule has 0 spiro atoms. The number of aliphatic imine (C=N–C) groups is 1. The van der Waals surface area contributed by atoms with Crippen molar-refractivity contribution in [2.24, 2.45) is 16.5 Å². The smallest absolute Gasteiger partial charge is 0.282 e. The van der Waals surface area contributed by atoms with Crippen molar-refractivity contribution in [3.05, 3.63) is 0 Å². The van der Waals surface area contributed by atoms with Crippen molar-refractivity contribution in [1.82, 2.24) is 0 Å². The third-order valence-corrected chi connectivity index (χ3v) is 1.29. The molecular formula is C9H21N3O. The quantitative estimate of drug-likeness (QED) is 0.389. The van der Waals surface area contributed by atoms with Crippen LogP contribution in [0.15, 0.2) is 4.99 Å². The van der Waals surface area contributed by atoms with Crippen molar-refractivity contribution in [3.63, 3.8) is 0 Å². The molecule has 0 saturated heterocycles. The molecule has 0 aromatic carbocycles. The SMILES string of the molecule is CC(C)(C)OC(N)=NCCCCN. The fourth-order valence-electron chi connectivity index (χ4n) is 0.791. The molecule has 0 aliphatic rings. The second kappa shape index (κ2) is 5.80. The van der Waals surface area contributed by atoms with Crippen molar-refractivity contribution in [2.75, 3.05) is 13.1 Å². The van der Waals surface area contributed by atoms with Gasteiger partial charge in [-0.15, -0.1) is 0 Å². The maximum atomic E-state index is 5.54. The molecule has 0 heterocycles. The summed E-state index contributed by atoms with van der Waals surface area (Å²) < 4.78 is 5.31. The summed E-state index contributed by atoms with van der Waals surface area (Å²) in [6.45, 7) is 7.22.